The number of epoxide rings is 1. The molecule has 1 fully saturated rings. The third-order valence-corrected chi connectivity index (χ3v) is 3.79. The van der Waals surface area contributed by atoms with E-state index >= 15 is 0 Å². The normalized spacial score (nSPS) is 24.8. The molecule has 1 saturated heterocycles. The lowest BCUT2D eigenvalue weighted by Crippen LogP contribution is -2.05. The summed E-state index contributed by atoms with van der Waals surface area (Å²) in [6, 6.07) is 0. The summed E-state index contributed by atoms with van der Waals surface area (Å²) in [5, 5.41) is 8.76. The number of rotatable bonds is 8. The summed E-state index contributed by atoms with van der Waals surface area (Å²) in [5.41, 5.74) is 1.46. The minimum absolute atomic E-state index is 0.153. The van der Waals surface area contributed by atoms with Crippen LogP contribution in [0.15, 0.2) is 11.6 Å². The van der Waals surface area contributed by atoms with Crippen LogP contribution in [-0.2, 0) is 4.74 Å². The van der Waals surface area contributed by atoms with Gasteiger partial charge in [-0.2, -0.15) is 0 Å². The summed E-state index contributed by atoms with van der Waals surface area (Å²) in [6.07, 6.45) is 8.53. The van der Waals surface area contributed by atoms with Crippen LogP contribution in [0.2, 0.25) is 0 Å². The summed E-state index contributed by atoms with van der Waals surface area (Å²) in [6.45, 7) is 8.95. The van der Waals surface area contributed by atoms with Crippen LogP contribution in [0.4, 0.5) is 0 Å². The highest BCUT2D eigenvalue weighted by atomic mass is 16.6. The first-order chi connectivity index (χ1) is 7.95. The van der Waals surface area contributed by atoms with Gasteiger partial charge in [0.15, 0.2) is 0 Å². The first-order valence-corrected chi connectivity index (χ1v) is 6.90. The van der Waals surface area contributed by atoms with Gasteiger partial charge in [-0.05, 0) is 52.4 Å². The van der Waals surface area contributed by atoms with Gasteiger partial charge in [-0.3, -0.25) is 0 Å². The van der Waals surface area contributed by atoms with Crippen molar-refractivity contribution in [1.82, 2.24) is 0 Å². The molecule has 2 atom stereocenters. The van der Waals surface area contributed by atoms with Crippen molar-refractivity contribution in [1.29, 1.82) is 0 Å². The van der Waals surface area contributed by atoms with E-state index < -0.39 is 0 Å². The molecule has 0 spiro atoms. The maximum atomic E-state index is 8.76. The van der Waals surface area contributed by atoms with Crippen LogP contribution in [0.5, 0.6) is 0 Å². The summed E-state index contributed by atoms with van der Waals surface area (Å²) >= 11 is 0. The Morgan fingerprint density at radius 3 is 2.59 bits per heavy atom. The van der Waals surface area contributed by atoms with Gasteiger partial charge in [0.25, 0.3) is 0 Å². The van der Waals surface area contributed by atoms with Crippen molar-refractivity contribution < 1.29 is 9.84 Å². The van der Waals surface area contributed by atoms with Gasteiger partial charge in [0.1, 0.15) is 0 Å². The molecule has 0 aromatic carbocycles. The SMILES string of the molecule is C/C(=C\CO)CCCC(C)CCC1OC1(C)C. The number of allylic oxidation sites excluding steroid dienone is 1. The first kappa shape index (κ1) is 14.7. The van der Waals surface area contributed by atoms with Crippen LogP contribution in [-0.4, -0.2) is 23.4 Å². The predicted molar refractivity (Wildman–Crippen MR) is 72.0 cm³/mol. The van der Waals surface area contributed by atoms with Crippen molar-refractivity contribution in [2.45, 2.75) is 71.5 Å². The molecule has 0 aromatic rings. The van der Waals surface area contributed by atoms with E-state index in [-0.39, 0.29) is 12.2 Å². The third kappa shape index (κ3) is 5.69. The average Bonchev–Trinajstić information content (AvgIpc) is 2.84. The Bertz CT molecular complexity index is 256. The minimum Gasteiger partial charge on any atom is -0.392 e. The van der Waals surface area contributed by atoms with Gasteiger partial charge in [0.05, 0.1) is 18.3 Å². The predicted octanol–water partition coefficient (Wildman–Crippen LogP) is 3.69. The molecule has 1 aliphatic rings. The largest absolute Gasteiger partial charge is 0.392 e. The number of aliphatic hydroxyl groups is 1. The molecule has 17 heavy (non-hydrogen) atoms. The van der Waals surface area contributed by atoms with Gasteiger partial charge in [-0.15, -0.1) is 0 Å². The van der Waals surface area contributed by atoms with E-state index in [1.54, 1.807) is 0 Å². The number of aliphatic hydroxyl groups excluding tert-OH is 1. The molecule has 2 unspecified atom stereocenters. The van der Waals surface area contributed by atoms with Gasteiger partial charge in [-0.1, -0.05) is 25.0 Å². The van der Waals surface area contributed by atoms with Gasteiger partial charge < -0.3 is 9.84 Å². The van der Waals surface area contributed by atoms with Gasteiger partial charge in [0.2, 0.25) is 0 Å². The van der Waals surface area contributed by atoms with E-state index in [0.29, 0.717) is 6.10 Å². The smallest absolute Gasteiger partial charge is 0.0892 e. The molecule has 0 saturated carbocycles. The van der Waals surface area contributed by atoms with Gasteiger partial charge in [0, 0.05) is 0 Å². The van der Waals surface area contributed by atoms with Crippen LogP contribution < -0.4 is 0 Å². The molecule has 100 valence electrons. The van der Waals surface area contributed by atoms with Crippen molar-refractivity contribution in [2.24, 2.45) is 5.92 Å². The van der Waals surface area contributed by atoms with Crippen LogP contribution in [0.25, 0.3) is 0 Å². The molecule has 1 rings (SSSR count). The second-order valence-electron chi connectivity index (χ2n) is 6.02. The molecule has 1 N–H and O–H groups in total. The Morgan fingerprint density at radius 2 is 2.06 bits per heavy atom. The van der Waals surface area contributed by atoms with Gasteiger partial charge >= 0.3 is 0 Å². The first-order valence-electron chi connectivity index (χ1n) is 6.90. The molecular formula is C15H28O2. The number of hydrogen-bond acceptors (Lipinski definition) is 2. The molecule has 0 aliphatic carbocycles. The monoisotopic (exact) mass is 240 g/mol. The molecule has 0 amide bonds. The molecule has 2 heteroatoms. The number of ether oxygens (including phenoxy) is 1. The van der Waals surface area contributed by atoms with Gasteiger partial charge in [-0.25, -0.2) is 0 Å². The van der Waals surface area contributed by atoms with Crippen molar-refractivity contribution in [3.05, 3.63) is 11.6 Å². The Morgan fingerprint density at radius 1 is 1.41 bits per heavy atom. The summed E-state index contributed by atoms with van der Waals surface area (Å²) in [7, 11) is 0. The quantitative estimate of drug-likeness (QED) is 0.518. The maximum Gasteiger partial charge on any atom is 0.0892 e. The average molecular weight is 240 g/mol. The lowest BCUT2D eigenvalue weighted by atomic mass is 9.94. The molecule has 0 bridgehead atoms. The van der Waals surface area contributed by atoms with Crippen molar-refractivity contribution in [2.75, 3.05) is 6.61 Å². The van der Waals surface area contributed by atoms with E-state index in [4.69, 9.17) is 9.84 Å². The summed E-state index contributed by atoms with van der Waals surface area (Å²) in [4.78, 5) is 0. The zero-order valence-corrected chi connectivity index (χ0v) is 11.8. The fourth-order valence-electron chi connectivity index (χ4n) is 2.31. The van der Waals surface area contributed by atoms with E-state index in [1.165, 1.54) is 31.3 Å². The van der Waals surface area contributed by atoms with Crippen molar-refractivity contribution >= 4 is 0 Å². The van der Waals surface area contributed by atoms with E-state index in [2.05, 4.69) is 27.7 Å². The number of hydrogen-bond donors (Lipinski definition) is 1. The van der Waals surface area contributed by atoms with Crippen LogP contribution in [0, 0.1) is 5.92 Å². The zero-order valence-electron chi connectivity index (χ0n) is 11.8. The summed E-state index contributed by atoms with van der Waals surface area (Å²) in [5.74, 6) is 0.789. The third-order valence-electron chi connectivity index (χ3n) is 3.79. The molecule has 0 radical (unpaired) electrons. The van der Waals surface area contributed by atoms with Crippen molar-refractivity contribution in [3.8, 4) is 0 Å². The van der Waals surface area contributed by atoms with Crippen LogP contribution >= 0.6 is 0 Å². The van der Waals surface area contributed by atoms with Crippen LogP contribution in [0.3, 0.4) is 0 Å². The minimum atomic E-state index is 0.153. The fraction of sp³-hybridized carbons (Fsp3) is 0.867. The highest BCUT2D eigenvalue weighted by Crippen LogP contribution is 2.39. The second-order valence-corrected chi connectivity index (χ2v) is 6.02. The molecule has 1 aliphatic heterocycles. The topological polar surface area (TPSA) is 32.8 Å². The molecular weight excluding hydrogens is 212 g/mol. The van der Waals surface area contributed by atoms with Crippen LogP contribution in [0.1, 0.15) is 59.8 Å². The molecule has 0 aromatic heterocycles. The lowest BCUT2D eigenvalue weighted by Gasteiger charge is -2.10. The zero-order chi connectivity index (χ0) is 12.9. The lowest BCUT2D eigenvalue weighted by molar-refractivity contribution is 0.312. The molecule has 2 nitrogen and oxygen atoms in total. The second kappa shape index (κ2) is 6.55. The van der Waals surface area contributed by atoms with E-state index in [0.717, 1.165) is 12.3 Å². The van der Waals surface area contributed by atoms with E-state index in [9.17, 15) is 0 Å². The summed E-state index contributed by atoms with van der Waals surface area (Å²) < 4.78 is 5.59. The maximum absolute atomic E-state index is 8.76. The Labute approximate surface area is 106 Å². The Kier molecular flexibility index (Phi) is 5.68. The van der Waals surface area contributed by atoms with Crippen molar-refractivity contribution in [3.63, 3.8) is 0 Å². The highest BCUT2D eigenvalue weighted by molar-refractivity contribution is 4.97. The van der Waals surface area contributed by atoms with E-state index in [1.807, 2.05) is 6.08 Å². The highest BCUT2D eigenvalue weighted by Gasteiger charge is 2.46. The Hall–Kier alpha value is -0.340. The molecule has 1 heterocycles. The standard InChI is InChI=1S/C15H28O2/c1-12(6-5-7-13(2)10-11-16)8-9-14-15(3,4)17-14/h10,12,14,16H,5-9,11H2,1-4H3/b13-10+. The fourth-order valence-corrected chi connectivity index (χ4v) is 2.31. The Balaban J connectivity index is 2.02.